The van der Waals surface area contributed by atoms with E-state index in [-0.39, 0.29) is 24.8 Å². The number of aliphatic hydroxyl groups excluding tert-OH is 2. The second-order valence-corrected chi connectivity index (χ2v) is 15.3. The molecule has 1 fully saturated rings. The number of halogens is 1. The van der Waals surface area contributed by atoms with Gasteiger partial charge in [-0.15, -0.1) is 0 Å². The van der Waals surface area contributed by atoms with Crippen LogP contribution in [0.1, 0.15) is 68.4 Å². The standard InChI is InChI=1S/C40H45IN2O10/c1-24(45)34(37(48)42-30(23-44)18-19-33(46)52-39(2,3)4)43-36(47)26-21-31(50-38(49)25-12-11-17-29(41)20-25)35-32(22-26)51-40(53-35,27-13-7-5-8-14-27)28-15-9-6-10-16-28/h5-17,20,22,24,30-32,34-35,44-45H,18-19,21,23H2,1-4H3,(H,42,48)(H,43,47). The van der Waals surface area contributed by atoms with Crippen molar-refractivity contribution >= 4 is 46.3 Å². The number of amides is 2. The minimum Gasteiger partial charge on any atom is -0.460 e. The molecule has 0 saturated carbocycles. The van der Waals surface area contributed by atoms with Crippen LogP contribution in [-0.2, 0) is 39.1 Å². The summed E-state index contributed by atoms with van der Waals surface area (Å²) in [7, 11) is 0. The number of esters is 2. The molecule has 3 aromatic rings. The van der Waals surface area contributed by atoms with Gasteiger partial charge in [-0.05, 0) is 81.0 Å². The number of benzene rings is 3. The van der Waals surface area contributed by atoms with Crippen LogP contribution >= 0.6 is 22.6 Å². The van der Waals surface area contributed by atoms with E-state index in [1.807, 2.05) is 66.7 Å². The normalized spacial score (nSPS) is 20.9. The van der Waals surface area contributed by atoms with Crippen LogP contribution in [0.25, 0.3) is 0 Å². The molecule has 0 aromatic heterocycles. The third kappa shape index (κ3) is 10.1. The van der Waals surface area contributed by atoms with Crippen molar-refractivity contribution in [3.8, 4) is 0 Å². The van der Waals surface area contributed by atoms with Crippen LogP contribution in [0.5, 0.6) is 0 Å². The van der Waals surface area contributed by atoms with Crippen LogP contribution in [0.15, 0.2) is 96.6 Å². The van der Waals surface area contributed by atoms with Gasteiger partial charge in [0.2, 0.25) is 17.6 Å². The molecule has 1 saturated heterocycles. The van der Waals surface area contributed by atoms with Crippen LogP contribution < -0.4 is 10.6 Å². The van der Waals surface area contributed by atoms with Gasteiger partial charge in [0.1, 0.15) is 30.0 Å². The molecule has 282 valence electrons. The summed E-state index contributed by atoms with van der Waals surface area (Å²) < 4.78 is 25.7. The molecule has 12 nitrogen and oxygen atoms in total. The third-order valence-electron chi connectivity index (χ3n) is 8.73. The first-order valence-corrected chi connectivity index (χ1v) is 18.5. The summed E-state index contributed by atoms with van der Waals surface area (Å²) in [6, 6.07) is 23.3. The van der Waals surface area contributed by atoms with Crippen molar-refractivity contribution in [2.75, 3.05) is 6.61 Å². The van der Waals surface area contributed by atoms with Crippen LogP contribution in [0.4, 0.5) is 0 Å². The number of aliphatic hydroxyl groups is 2. The summed E-state index contributed by atoms with van der Waals surface area (Å²) in [6.45, 7) is 6.06. The lowest BCUT2D eigenvalue weighted by Crippen LogP contribution is -2.55. The Hall–Kier alpha value is -4.15. The fourth-order valence-electron chi connectivity index (χ4n) is 6.24. The van der Waals surface area contributed by atoms with E-state index in [1.165, 1.54) is 6.92 Å². The van der Waals surface area contributed by atoms with Crippen LogP contribution in [0.3, 0.4) is 0 Å². The summed E-state index contributed by atoms with van der Waals surface area (Å²) in [4.78, 5) is 53.0. The molecule has 0 bridgehead atoms. The summed E-state index contributed by atoms with van der Waals surface area (Å²) in [6.07, 6.45) is -2.52. The Morgan fingerprint density at radius 3 is 2.15 bits per heavy atom. The lowest BCUT2D eigenvalue weighted by atomic mass is 9.91. The molecule has 5 rings (SSSR count). The zero-order valence-electron chi connectivity index (χ0n) is 30.0. The Morgan fingerprint density at radius 1 is 0.943 bits per heavy atom. The molecule has 6 unspecified atom stereocenters. The average molecular weight is 841 g/mol. The molecule has 1 aliphatic heterocycles. The summed E-state index contributed by atoms with van der Waals surface area (Å²) in [5.41, 5.74) is 1.16. The highest BCUT2D eigenvalue weighted by molar-refractivity contribution is 14.1. The molecule has 1 heterocycles. The lowest BCUT2D eigenvalue weighted by molar-refractivity contribution is -0.157. The monoisotopic (exact) mass is 840 g/mol. The molecule has 1 aliphatic carbocycles. The zero-order valence-corrected chi connectivity index (χ0v) is 32.1. The minimum absolute atomic E-state index is 0.0678. The maximum Gasteiger partial charge on any atom is 0.338 e. The van der Waals surface area contributed by atoms with E-state index in [0.717, 1.165) is 3.57 Å². The van der Waals surface area contributed by atoms with Crippen molar-refractivity contribution in [1.82, 2.24) is 10.6 Å². The van der Waals surface area contributed by atoms with Gasteiger partial charge < -0.3 is 39.8 Å². The van der Waals surface area contributed by atoms with Gasteiger partial charge in [-0.1, -0.05) is 66.7 Å². The highest BCUT2D eigenvalue weighted by Crippen LogP contribution is 2.47. The molecule has 0 spiro atoms. The first kappa shape index (κ1) is 40.0. The largest absolute Gasteiger partial charge is 0.460 e. The molecule has 2 aliphatic rings. The van der Waals surface area contributed by atoms with E-state index in [1.54, 1.807) is 45.0 Å². The van der Waals surface area contributed by atoms with Crippen molar-refractivity contribution < 1.29 is 48.3 Å². The number of carbonyl (C=O) groups excluding carboxylic acids is 4. The van der Waals surface area contributed by atoms with Crippen LogP contribution in [0.2, 0.25) is 0 Å². The number of hydrogen-bond donors (Lipinski definition) is 4. The fourth-order valence-corrected chi connectivity index (χ4v) is 6.78. The number of hydrogen-bond acceptors (Lipinski definition) is 10. The lowest BCUT2D eigenvalue weighted by Gasteiger charge is -2.32. The number of fused-ring (bicyclic) bond motifs is 1. The van der Waals surface area contributed by atoms with E-state index in [0.29, 0.717) is 16.7 Å². The predicted molar refractivity (Wildman–Crippen MR) is 202 cm³/mol. The molecule has 3 aromatic carbocycles. The van der Waals surface area contributed by atoms with Crippen molar-refractivity contribution in [3.63, 3.8) is 0 Å². The molecule has 13 heteroatoms. The second kappa shape index (κ2) is 17.3. The molecule has 0 radical (unpaired) electrons. The highest BCUT2D eigenvalue weighted by Gasteiger charge is 2.55. The number of carbonyl (C=O) groups is 4. The van der Waals surface area contributed by atoms with E-state index >= 15 is 0 Å². The Morgan fingerprint density at radius 2 is 1.58 bits per heavy atom. The summed E-state index contributed by atoms with van der Waals surface area (Å²) >= 11 is 2.10. The summed E-state index contributed by atoms with van der Waals surface area (Å²) in [5.74, 6) is -3.98. The summed E-state index contributed by atoms with van der Waals surface area (Å²) in [5, 5.41) is 25.7. The third-order valence-corrected chi connectivity index (χ3v) is 9.41. The number of ether oxygens (including phenoxy) is 4. The predicted octanol–water partition coefficient (Wildman–Crippen LogP) is 4.30. The van der Waals surface area contributed by atoms with Crippen molar-refractivity contribution in [3.05, 3.63) is 117 Å². The van der Waals surface area contributed by atoms with Gasteiger partial charge in [-0.3, -0.25) is 14.4 Å². The molecule has 2 amide bonds. The van der Waals surface area contributed by atoms with Gasteiger partial charge in [0, 0.05) is 33.1 Å². The van der Waals surface area contributed by atoms with Gasteiger partial charge in [0.05, 0.1) is 24.3 Å². The van der Waals surface area contributed by atoms with Crippen LogP contribution in [0, 0.1) is 3.57 Å². The molecular weight excluding hydrogens is 795 g/mol. The molecule has 6 atom stereocenters. The van der Waals surface area contributed by atoms with E-state index in [4.69, 9.17) is 18.9 Å². The SMILES string of the molecule is CC(O)C(NC(=O)C1=CC2OC(c3ccccc3)(c3ccccc3)OC2C(OC(=O)c2cccc(I)c2)C1)C(=O)NC(CO)CCC(=O)OC(C)(C)C. The quantitative estimate of drug-likeness (QED) is 0.144. The van der Waals surface area contributed by atoms with Gasteiger partial charge in [-0.25, -0.2) is 4.79 Å². The highest BCUT2D eigenvalue weighted by atomic mass is 127. The number of rotatable bonds is 13. The van der Waals surface area contributed by atoms with Crippen LogP contribution in [-0.4, -0.2) is 82.7 Å². The van der Waals surface area contributed by atoms with E-state index in [2.05, 4.69) is 33.2 Å². The topological polar surface area (TPSA) is 170 Å². The van der Waals surface area contributed by atoms with E-state index in [9.17, 15) is 29.4 Å². The maximum atomic E-state index is 13.9. The Kier molecular flexibility index (Phi) is 13.1. The minimum atomic E-state index is -1.43. The first-order valence-electron chi connectivity index (χ1n) is 17.4. The second-order valence-electron chi connectivity index (χ2n) is 14.1. The van der Waals surface area contributed by atoms with Crippen molar-refractivity contribution in [2.45, 2.75) is 94.8 Å². The van der Waals surface area contributed by atoms with Gasteiger partial charge >= 0.3 is 11.9 Å². The fraction of sp³-hybridized carbons (Fsp3) is 0.400. The molecule has 53 heavy (non-hydrogen) atoms. The maximum absolute atomic E-state index is 13.9. The Bertz CT molecular complexity index is 1750. The first-order chi connectivity index (χ1) is 25.2. The molecule has 4 N–H and O–H groups in total. The average Bonchev–Trinajstić information content (AvgIpc) is 3.53. The van der Waals surface area contributed by atoms with Gasteiger partial charge in [0.15, 0.2) is 0 Å². The Labute approximate surface area is 322 Å². The molecular formula is C40H45IN2O10. The van der Waals surface area contributed by atoms with Crippen molar-refractivity contribution in [2.24, 2.45) is 0 Å². The van der Waals surface area contributed by atoms with Gasteiger partial charge in [-0.2, -0.15) is 0 Å². The smallest absolute Gasteiger partial charge is 0.338 e. The Balaban J connectivity index is 1.40. The zero-order chi connectivity index (χ0) is 38.3. The van der Waals surface area contributed by atoms with Gasteiger partial charge in [0.25, 0.3) is 0 Å². The van der Waals surface area contributed by atoms with E-state index < -0.39 is 78.2 Å². The van der Waals surface area contributed by atoms with Crippen molar-refractivity contribution in [1.29, 1.82) is 0 Å². The number of nitrogens with one attached hydrogen (secondary N) is 2.